The van der Waals surface area contributed by atoms with Gasteiger partial charge >= 0.3 is 6.18 Å². The van der Waals surface area contributed by atoms with Gasteiger partial charge in [-0.2, -0.15) is 13.2 Å². The molecule has 1 N–H and O–H groups in total. The van der Waals surface area contributed by atoms with Crippen molar-refractivity contribution in [1.82, 2.24) is 0 Å². The molecule has 0 aliphatic rings. The predicted molar refractivity (Wildman–Crippen MR) is 55.8 cm³/mol. The molecule has 0 aromatic heterocycles. The minimum Gasteiger partial charge on any atom is -0.326 e. The van der Waals surface area contributed by atoms with Crippen molar-refractivity contribution in [2.24, 2.45) is 0 Å². The number of hydrogen-bond acceptors (Lipinski definition) is 2. The van der Waals surface area contributed by atoms with E-state index in [0.29, 0.717) is 5.02 Å². The molecule has 0 radical (unpaired) electrons. The molecule has 17 heavy (non-hydrogen) atoms. The van der Waals surface area contributed by atoms with Crippen LogP contribution >= 0.6 is 11.6 Å². The van der Waals surface area contributed by atoms with Crippen molar-refractivity contribution in [1.29, 1.82) is 0 Å². The number of rotatable bonds is 3. The predicted octanol–water partition coefficient (Wildman–Crippen LogP) is 2.80. The molecule has 0 bridgehead atoms. The van der Waals surface area contributed by atoms with Gasteiger partial charge in [0.05, 0.1) is 6.42 Å². The molecular weight excluding hydrogens is 259 g/mol. The summed E-state index contributed by atoms with van der Waals surface area (Å²) in [6, 6.07) is 5.75. The highest BCUT2D eigenvalue weighted by Gasteiger charge is 2.39. The number of anilines is 1. The molecule has 1 rings (SSSR count). The Kier molecular flexibility index (Phi) is 4.11. The van der Waals surface area contributed by atoms with E-state index in [1.54, 1.807) is 0 Å². The van der Waals surface area contributed by atoms with Crippen LogP contribution in [0.2, 0.25) is 5.02 Å². The summed E-state index contributed by atoms with van der Waals surface area (Å²) < 4.78 is 35.6. The van der Waals surface area contributed by atoms with Crippen molar-refractivity contribution in [2.75, 3.05) is 5.32 Å². The monoisotopic (exact) mass is 265 g/mol. The molecule has 0 heterocycles. The molecule has 0 atom stereocenters. The van der Waals surface area contributed by atoms with Crippen LogP contribution in [0.15, 0.2) is 24.3 Å². The molecule has 0 aliphatic carbocycles. The van der Waals surface area contributed by atoms with E-state index < -0.39 is 24.3 Å². The molecule has 1 aromatic rings. The second-order valence-electron chi connectivity index (χ2n) is 3.15. The fourth-order valence-corrected chi connectivity index (χ4v) is 1.11. The molecule has 92 valence electrons. The lowest BCUT2D eigenvalue weighted by Gasteiger charge is -2.06. The van der Waals surface area contributed by atoms with Gasteiger partial charge in [0.25, 0.3) is 0 Å². The van der Waals surface area contributed by atoms with Gasteiger partial charge in [0.2, 0.25) is 11.7 Å². The second-order valence-corrected chi connectivity index (χ2v) is 3.59. The van der Waals surface area contributed by atoms with Gasteiger partial charge in [0, 0.05) is 10.7 Å². The number of alkyl halides is 3. The molecule has 0 fully saturated rings. The highest BCUT2D eigenvalue weighted by Crippen LogP contribution is 2.18. The van der Waals surface area contributed by atoms with Crippen LogP contribution in [-0.4, -0.2) is 17.9 Å². The maximum absolute atomic E-state index is 11.9. The number of ketones is 1. The summed E-state index contributed by atoms with van der Waals surface area (Å²) >= 11 is 5.58. The van der Waals surface area contributed by atoms with Crippen LogP contribution in [0.3, 0.4) is 0 Å². The fourth-order valence-electron chi connectivity index (χ4n) is 0.984. The first-order valence-corrected chi connectivity index (χ1v) is 4.82. The third-order valence-corrected chi connectivity index (χ3v) is 2.02. The summed E-state index contributed by atoms with van der Waals surface area (Å²) in [7, 11) is 0. The summed E-state index contributed by atoms with van der Waals surface area (Å²) in [6.07, 6.45) is -6.22. The van der Waals surface area contributed by atoms with Crippen molar-refractivity contribution in [3.63, 3.8) is 0 Å². The standard InChI is InChI=1S/C10H7ClF3NO2/c11-6-1-3-7(4-2-6)15-9(17)5-8(16)10(12,13)14/h1-4H,5H2,(H,15,17). The van der Waals surface area contributed by atoms with Gasteiger partial charge in [-0.25, -0.2) is 0 Å². The third kappa shape index (κ3) is 4.44. The molecule has 3 nitrogen and oxygen atoms in total. The lowest BCUT2D eigenvalue weighted by Crippen LogP contribution is -2.27. The Morgan fingerprint density at radius 3 is 2.18 bits per heavy atom. The van der Waals surface area contributed by atoms with E-state index in [4.69, 9.17) is 11.6 Å². The minimum atomic E-state index is -4.99. The summed E-state index contributed by atoms with van der Waals surface area (Å²) in [5, 5.41) is 2.58. The Hall–Kier alpha value is -1.56. The Labute approximate surface area is 99.6 Å². The number of halogens is 4. The quantitative estimate of drug-likeness (QED) is 0.854. The maximum atomic E-state index is 11.9. The molecule has 1 aromatic carbocycles. The Morgan fingerprint density at radius 1 is 1.18 bits per heavy atom. The number of carbonyl (C=O) groups is 2. The van der Waals surface area contributed by atoms with Crippen LogP contribution in [0.4, 0.5) is 18.9 Å². The molecule has 7 heteroatoms. The van der Waals surface area contributed by atoms with E-state index >= 15 is 0 Å². The number of hydrogen-bond donors (Lipinski definition) is 1. The van der Waals surface area contributed by atoms with Crippen molar-refractivity contribution >= 4 is 29.0 Å². The van der Waals surface area contributed by atoms with Crippen molar-refractivity contribution in [3.05, 3.63) is 29.3 Å². The van der Waals surface area contributed by atoms with Gasteiger partial charge in [-0.1, -0.05) is 11.6 Å². The maximum Gasteiger partial charge on any atom is 0.450 e. The first kappa shape index (κ1) is 13.5. The number of Topliss-reactive ketones (excluding diaryl/α,β-unsaturated/α-hetero) is 1. The second kappa shape index (κ2) is 5.18. The Balaban J connectivity index is 2.56. The van der Waals surface area contributed by atoms with Crippen LogP contribution in [-0.2, 0) is 9.59 Å². The van der Waals surface area contributed by atoms with Gasteiger partial charge in [0.15, 0.2) is 0 Å². The van der Waals surface area contributed by atoms with Gasteiger partial charge in [-0.3, -0.25) is 9.59 Å². The average molecular weight is 266 g/mol. The normalized spacial score (nSPS) is 11.1. The van der Waals surface area contributed by atoms with Crippen molar-refractivity contribution in [2.45, 2.75) is 12.6 Å². The highest BCUT2D eigenvalue weighted by molar-refractivity contribution is 6.30. The highest BCUT2D eigenvalue weighted by atomic mass is 35.5. The van der Waals surface area contributed by atoms with Crippen LogP contribution in [0, 0.1) is 0 Å². The Morgan fingerprint density at radius 2 is 1.71 bits per heavy atom. The van der Waals surface area contributed by atoms with Crippen molar-refractivity contribution in [3.8, 4) is 0 Å². The topological polar surface area (TPSA) is 46.2 Å². The molecule has 0 saturated heterocycles. The molecule has 0 saturated carbocycles. The Bertz CT molecular complexity index is 428. The number of nitrogens with one attached hydrogen (secondary N) is 1. The van der Waals surface area contributed by atoms with Gasteiger partial charge in [-0.05, 0) is 24.3 Å². The summed E-state index contributed by atoms with van der Waals surface area (Å²) in [4.78, 5) is 21.6. The number of carbonyl (C=O) groups excluding carboxylic acids is 2. The minimum absolute atomic E-state index is 0.273. The van der Waals surface area contributed by atoms with Gasteiger partial charge in [0.1, 0.15) is 0 Å². The smallest absolute Gasteiger partial charge is 0.326 e. The SMILES string of the molecule is O=C(CC(=O)C(F)(F)F)Nc1ccc(Cl)cc1. The third-order valence-electron chi connectivity index (χ3n) is 1.77. The van der Waals surface area contributed by atoms with Gasteiger partial charge < -0.3 is 5.32 Å². The zero-order chi connectivity index (χ0) is 13.1. The van der Waals surface area contributed by atoms with E-state index in [0.717, 1.165) is 0 Å². The first-order valence-electron chi connectivity index (χ1n) is 4.44. The lowest BCUT2D eigenvalue weighted by atomic mass is 10.2. The number of amides is 1. The summed E-state index contributed by atoms with van der Waals surface area (Å²) in [5.41, 5.74) is 0.273. The van der Waals surface area contributed by atoms with Crippen LogP contribution in [0.25, 0.3) is 0 Å². The lowest BCUT2D eigenvalue weighted by molar-refractivity contribution is -0.171. The zero-order valence-electron chi connectivity index (χ0n) is 8.34. The van der Waals surface area contributed by atoms with E-state index in [-0.39, 0.29) is 5.69 Å². The van der Waals surface area contributed by atoms with E-state index in [2.05, 4.69) is 5.32 Å². The molecule has 1 amide bonds. The summed E-state index contributed by atoms with van der Waals surface area (Å²) in [5.74, 6) is -3.10. The van der Waals surface area contributed by atoms with E-state index in [9.17, 15) is 22.8 Å². The molecule has 0 unspecified atom stereocenters. The summed E-state index contributed by atoms with van der Waals surface area (Å²) in [6.45, 7) is 0. The average Bonchev–Trinajstić information content (AvgIpc) is 2.20. The van der Waals surface area contributed by atoms with Crippen molar-refractivity contribution < 1.29 is 22.8 Å². The fraction of sp³-hybridized carbons (Fsp3) is 0.200. The van der Waals surface area contributed by atoms with Crippen LogP contribution < -0.4 is 5.32 Å². The van der Waals surface area contributed by atoms with Gasteiger partial charge in [-0.15, -0.1) is 0 Å². The molecular formula is C10H7ClF3NO2. The first-order chi connectivity index (χ1) is 7.79. The molecule has 0 aliphatic heterocycles. The van der Waals surface area contributed by atoms with Crippen LogP contribution in [0.5, 0.6) is 0 Å². The zero-order valence-corrected chi connectivity index (χ0v) is 9.10. The van der Waals surface area contributed by atoms with Crippen LogP contribution in [0.1, 0.15) is 6.42 Å². The van der Waals surface area contributed by atoms with E-state index in [1.165, 1.54) is 24.3 Å². The number of benzene rings is 1. The molecule has 0 spiro atoms. The largest absolute Gasteiger partial charge is 0.450 e. The van der Waals surface area contributed by atoms with E-state index in [1.807, 2.05) is 0 Å².